The van der Waals surface area contributed by atoms with Gasteiger partial charge in [-0.25, -0.2) is 13.1 Å². The third-order valence-corrected chi connectivity index (χ3v) is 4.80. The van der Waals surface area contributed by atoms with Gasteiger partial charge in [0.2, 0.25) is 10.0 Å². The van der Waals surface area contributed by atoms with E-state index in [0.29, 0.717) is 0 Å². The average Bonchev–Trinajstić information content (AvgIpc) is 2.89. The van der Waals surface area contributed by atoms with Crippen LogP contribution in [0.15, 0.2) is 46.7 Å². The molecule has 0 aliphatic carbocycles. The molecule has 0 saturated heterocycles. The molecule has 0 unspecified atom stereocenters. The monoisotopic (exact) mass is 321 g/mol. The number of sulfonamides is 1. The first-order valence-corrected chi connectivity index (χ1v) is 7.84. The lowest BCUT2D eigenvalue weighted by molar-refractivity contribution is -0.137. The van der Waals surface area contributed by atoms with Gasteiger partial charge in [-0.15, -0.1) is 11.3 Å². The fraction of sp³-hybridized carbons (Fsp3) is 0.167. The SMILES string of the molecule is O=S(=O)(NCc1cccs1)c1ccc(C(F)(F)F)cc1. The average molecular weight is 321 g/mol. The molecule has 1 heterocycles. The van der Waals surface area contributed by atoms with E-state index in [4.69, 9.17) is 0 Å². The van der Waals surface area contributed by atoms with Crippen LogP contribution in [0.25, 0.3) is 0 Å². The van der Waals surface area contributed by atoms with Crippen LogP contribution in [-0.2, 0) is 22.7 Å². The Hall–Kier alpha value is -1.38. The molecule has 2 rings (SSSR count). The Bertz CT molecular complexity index is 662. The largest absolute Gasteiger partial charge is 0.416 e. The summed E-state index contributed by atoms with van der Waals surface area (Å²) in [6.07, 6.45) is -4.48. The molecule has 8 heteroatoms. The molecule has 0 aliphatic heterocycles. The van der Waals surface area contributed by atoms with Gasteiger partial charge in [-0.2, -0.15) is 13.2 Å². The summed E-state index contributed by atoms with van der Waals surface area (Å²) in [4.78, 5) is 0.627. The number of halogens is 3. The Kier molecular flexibility index (Phi) is 4.17. The van der Waals surface area contributed by atoms with E-state index < -0.39 is 21.8 Å². The lowest BCUT2D eigenvalue weighted by Crippen LogP contribution is -2.22. The molecule has 20 heavy (non-hydrogen) atoms. The molecule has 0 aliphatic rings. The van der Waals surface area contributed by atoms with Crippen LogP contribution in [0.2, 0.25) is 0 Å². The van der Waals surface area contributed by atoms with Crippen LogP contribution in [0.3, 0.4) is 0 Å². The molecule has 1 aromatic heterocycles. The number of benzene rings is 1. The fourth-order valence-corrected chi connectivity index (χ4v) is 3.23. The minimum Gasteiger partial charge on any atom is -0.207 e. The predicted octanol–water partition coefficient (Wildman–Crippen LogP) is 3.25. The van der Waals surface area contributed by atoms with Gasteiger partial charge in [-0.3, -0.25) is 0 Å². The molecular formula is C12H10F3NO2S2. The third-order valence-electron chi connectivity index (χ3n) is 2.51. The van der Waals surface area contributed by atoms with E-state index in [1.165, 1.54) is 11.3 Å². The van der Waals surface area contributed by atoms with Crippen molar-refractivity contribution in [1.82, 2.24) is 4.72 Å². The highest BCUT2D eigenvalue weighted by Crippen LogP contribution is 2.29. The maximum Gasteiger partial charge on any atom is 0.416 e. The number of hydrogen-bond donors (Lipinski definition) is 1. The molecule has 3 nitrogen and oxygen atoms in total. The third kappa shape index (κ3) is 3.59. The van der Waals surface area contributed by atoms with Gasteiger partial charge in [-0.05, 0) is 35.7 Å². The second-order valence-electron chi connectivity index (χ2n) is 3.93. The standard InChI is InChI=1S/C12H10F3NO2S2/c13-12(14,15)9-3-5-11(6-4-9)20(17,18)16-8-10-2-1-7-19-10/h1-7,16H,8H2. The van der Waals surface area contributed by atoms with Crippen molar-refractivity contribution < 1.29 is 21.6 Å². The first-order valence-electron chi connectivity index (χ1n) is 5.48. The van der Waals surface area contributed by atoms with Crippen LogP contribution >= 0.6 is 11.3 Å². The van der Waals surface area contributed by atoms with Gasteiger partial charge < -0.3 is 0 Å². The van der Waals surface area contributed by atoms with E-state index in [1.807, 2.05) is 5.38 Å². The molecule has 0 amide bonds. The quantitative estimate of drug-likeness (QED) is 0.939. The highest BCUT2D eigenvalue weighted by atomic mass is 32.2. The van der Waals surface area contributed by atoms with Crippen LogP contribution in [-0.4, -0.2) is 8.42 Å². The molecular weight excluding hydrogens is 311 g/mol. The smallest absolute Gasteiger partial charge is 0.207 e. The van der Waals surface area contributed by atoms with Gasteiger partial charge >= 0.3 is 6.18 Å². The fourth-order valence-electron chi connectivity index (χ4n) is 1.49. The van der Waals surface area contributed by atoms with E-state index >= 15 is 0 Å². The molecule has 2 aromatic rings. The molecule has 1 aromatic carbocycles. The van der Waals surface area contributed by atoms with E-state index in [2.05, 4.69) is 4.72 Å². The normalized spacial score (nSPS) is 12.6. The van der Waals surface area contributed by atoms with Gasteiger partial charge in [0.1, 0.15) is 0 Å². The zero-order chi connectivity index (χ0) is 14.8. The highest BCUT2D eigenvalue weighted by molar-refractivity contribution is 7.89. The van der Waals surface area contributed by atoms with Crippen LogP contribution in [0.1, 0.15) is 10.4 Å². The minimum absolute atomic E-state index is 0.112. The van der Waals surface area contributed by atoms with Crippen molar-refractivity contribution in [3.8, 4) is 0 Å². The number of hydrogen-bond acceptors (Lipinski definition) is 3. The zero-order valence-electron chi connectivity index (χ0n) is 10.0. The maximum absolute atomic E-state index is 12.4. The predicted molar refractivity (Wildman–Crippen MR) is 69.8 cm³/mol. The Morgan fingerprint density at radius 2 is 1.75 bits per heavy atom. The van der Waals surface area contributed by atoms with Crippen LogP contribution < -0.4 is 4.72 Å². The number of thiophene rings is 1. The van der Waals surface area contributed by atoms with E-state index in [9.17, 15) is 21.6 Å². The van der Waals surface area contributed by atoms with Gasteiger partial charge in [0.15, 0.2) is 0 Å². The summed E-state index contributed by atoms with van der Waals surface area (Å²) in [5.41, 5.74) is -0.880. The molecule has 1 N–H and O–H groups in total. The molecule has 108 valence electrons. The first kappa shape index (κ1) is 15.0. The van der Waals surface area contributed by atoms with Crippen molar-refractivity contribution in [1.29, 1.82) is 0 Å². The van der Waals surface area contributed by atoms with E-state index in [1.54, 1.807) is 12.1 Å². The molecule has 0 radical (unpaired) electrons. The van der Waals surface area contributed by atoms with Crippen molar-refractivity contribution in [2.24, 2.45) is 0 Å². The van der Waals surface area contributed by atoms with E-state index in [0.717, 1.165) is 29.1 Å². The Morgan fingerprint density at radius 3 is 2.25 bits per heavy atom. The molecule has 0 saturated carbocycles. The van der Waals surface area contributed by atoms with Crippen molar-refractivity contribution in [3.63, 3.8) is 0 Å². The second kappa shape index (κ2) is 5.55. The van der Waals surface area contributed by atoms with Gasteiger partial charge in [0, 0.05) is 11.4 Å². The zero-order valence-corrected chi connectivity index (χ0v) is 11.6. The maximum atomic E-state index is 12.4. The summed E-state index contributed by atoms with van der Waals surface area (Å²) in [5.74, 6) is 0. The number of alkyl halides is 3. The number of nitrogens with one attached hydrogen (secondary N) is 1. The topological polar surface area (TPSA) is 46.2 Å². The number of rotatable bonds is 4. The van der Waals surface area contributed by atoms with Crippen molar-refractivity contribution >= 4 is 21.4 Å². The Labute approximate surface area is 118 Å². The van der Waals surface area contributed by atoms with Gasteiger partial charge in [0.05, 0.1) is 10.5 Å². The summed E-state index contributed by atoms with van der Waals surface area (Å²) < 4.78 is 63.3. The summed E-state index contributed by atoms with van der Waals surface area (Å²) in [6, 6.07) is 6.94. The summed E-state index contributed by atoms with van der Waals surface area (Å²) in [5, 5.41) is 1.81. The molecule has 0 spiro atoms. The van der Waals surface area contributed by atoms with Crippen LogP contribution in [0, 0.1) is 0 Å². The summed E-state index contributed by atoms with van der Waals surface area (Å²) in [7, 11) is -3.81. The van der Waals surface area contributed by atoms with E-state index in [-0.39, 0.29) is 11.4 Å². The van der Waals surface area contributed by atoms with Gasteiger partial charge in [0.25, 0.3) is 0 Å². The van der Waals surface area contributed by atoms with Crippen molar-refractivity contribution in [2.75, 3.05) is 0 Å². The highest BCUT2D eigenvalue weighted by Gasteiger charge is 2.30. The second-order valence-corrected chi connectivity index (χ2v) is 6.73. The minimum atomic E-state index is -4.48. The molecule has 0 bridgehead atoms. The summed E-state index contributed by atoms with van der Waals surface area (Å²) in [6.45, 7) is 0.112. The lowest BCUT2D eigenvalue weighted by atomic mass is 10.2. The Morgan fingerprint density at radius 1 is 1.10 bits per heavy atom. The lowest BCUT2D eigenvalue weighted by Gasteiger charge is -2.09. The van der Waals surface area contributed by atoms with Gasteiger partial charge in [-0.1, -0.05) is 6.07 Å². The van der Waals surface area contributed by atoms with Crippen LogP contribution in [0.4, 0.5) is 13.2 Å². The van der Waals surface area contributed by atoms with Crippen molar-refractivity contribution in [3.05, 3.63) is 52.2 Å². The molecule has 0 fully saturated rings. The summed E-state index contributed by atoms with van der Waals surface area (Å²) >= 11 is 1.39. The molecule has 0 atom stereocenters. The van der Waals surface area contributed by atoms with Crippen molar-refractivity contribution in [2.45, 2.75) is 17.6 Å². The Balaban J connectivity index is 2.13. The van der Waals surface area contributed by atoms with Crippen LogP contribution in [0.5, 0.6) is 0 Å². The first-order chi connectivity index (χ1) is 9.29.